The van der Waals surface area contributed by atoms with Crippen molar-refractivity contribution in [1.82, 2.24) is 10.2 Å². The molecule has 1 aliphatic heterocycles. The van der Waals surface area contributed by atoms with Crippen LogP contribution in [-0.4, -0.2) is 23.4 Å². The largest absolute Gasteiger partial charge is 0.319 e. The van der Waals surface area contributed by atoms with Gasteiger partial charge in [0.2, 0.25) is 5.91 Å². The fourth-order valence-corrected chi connectivity index (χ4v) is 2.17. The van der Waals surface area contributed by atoms with Crippen LogP contribution in [-0.2, 0) is 4.79 Å². The Hall–Kier alpha value is -1.42. The zero-order chi connectivity index (χ0) is 12.4. The predicted octanol–water partition coefficient (Wildman–Crippen LogP) is 2.05. The number of nitrogens with zero attached hydrogens (tertiary/aromatic N) is 1. The molecule has 2 unspecified atom stereocenters. The van der Waals surface area contributed by atoms with Crippen LogP contribution in [0.4, 0.5) is 4.39 Å². The molecule has 1 aliphatic rings. The molecule has 1 aromatic carbocycles. The highest BCUT2D eigenvalue weighted by atomic mass is 19.1. The van der Waals surface area contributed by atoms with Crippen molar-refractivity contribution < 1.29 is 9.18 Å². The number of amides is 1. The number of carbonyl (C=O) groups excluding carboxylic acids is 1. The molecule has 2 atom stereocenters. The van der Waals surface area contributed by atoms with Gasteiger partial charge in [-0.2, -0.15) is 0 Å². The fraction of sp³-hybridized carbons (Fsp3) is 0.462. The van der Waals surface area contributed by atoms with Gasteiger partial charge in [0.05, 0.1) is 6.54 Å². The van der Waals surface area contributed by atoms with E-state index in [1.54, 1.807) is 11.0 Å². The predicted molar refractivity (Wildman–Crippen MR) is 63.7 cm³/mol. The van der Waals surface area contributed by atoms with Crippen LogP contribution in [0.2, 0.25) is 0 Å². The zero-order valence-corrected chi connectivity index (χ0v) is 10.1. The van der Waals surface area contributed by atoms with E-state index in [9.17, 15) is 9.18 Å². The van der Waals surface area contributed by atoms with Gasteiger partial charge in [0.15, 0.2) is 0 Å². The molecular formula is C13H17FN2O. The molecule has 1 amide bonds. The average molecular weight is 236 g/mol. The third kappa shape index (κ3) is 2.31. The number of hydrogen-bond acceptors (Lipinski definition) is 2. The number of hydrogen-bond donors (Lipinski definition) is 1. The minimum atomic E-state index is -0.271. The van der Waals surface area contributed by atoms with Crippen molar-refractivity contribution in [3.63, 3.8) is 0 Å². The van der Waals surface area contributed by atoms with E-state index in [4.69, 9.17) is 0 Å². The fourth-order valence-electron chi connectivity index (χ4n) is 2.17. The maximum Gasteiger partial charge on any atom is 0.238 e. The van der Waals surface area contributed by atoms with E-state index >= 15 is 0 Å². The van der Waals surface area contributed by atoms with Gasteiger partial charge >= 0.3 is 0 Å². The molecule has 92 valence electrons. The molecule has 1 N–H and O–H groups in total. The van der Waals surface area contributed by atoms with E-state index in [-0.39, 0.29) is 23.9 Å². The quantitative estimate of drug-likeness (QED) is 0.871. The molecule has 1 aromatic rings. The number of benzene rings is 1. The molecule has 0 saturated carbocycles. The minimum absolute atomic E-state index is 0.0774. The standard InChI is InChI=1S/C13H17FN2O/c1-3-9(2)16-12(17)8-15-13(16)10-5-4-6-11(14)7-10/h4-7,9,13,15H,3,8H2,1-2H3. The van der Waals surface area contributed by atoms with Gasteiger partial charge in [-0.1, -0.05) is 19.1 Å². The average Bonchev–Trinajstić information content (AvgIpc) is 2.70. The molecular weight excluding hydrogens is 219 g/mol. The van der Waals surface area contributed by atoms with E-state index in [1.165, 1.54) is 12.1 Å². The maximum absolute atomic E-state index is 13.2. The molecule has 2 rings (SSSR count). The first kappa shape index (κ1) is 12.0. The molecule has 0 aliphatic carbocycles. The highest BCUT2D eigenvalue weighted by Crippen LogP contribution is 2.26. The van der Waals surface area contributed by atoms with Crippen LogP contribution in [0.5, 0.6) is 0 Å². The van der Waals surface area contributed by atoms with Gasteiger partial charge in [0, 0.05) is 6.04 Å². The number of carbonyl (C=O) groups is 1. The molecule has 0 spiro atoms. The second-order valence-corrected chi connectivity index (χ2v) is 4.40. The summed E-state index contributed by atoms with van der Waals surface area (Å²) in [5.41, 5.74) is 0.802. The number of nitrogens with one attached hydrogen (secondary N) is 1. The van der Waals surface area contributed by atoms with E-state index < -0.39 is 0 Å². The Morgan fingerprint density at radius 2 is 2.35 bits per heavy atom. The Morgan fingerprint density at radius 1 is 1.59 bits per heavy atom. The molecule has 0 aromatic heterocycles. The van der Waals surface area contributed by atoms with Crippen LogP contribution in [0.25, 0.3) is 0 Å². The summed E-state index contributed by atoms with van der Waals surface area (Å²) in [7, 11) is 0. The Balaban J connectivity index is 2.28. The summed E-state index contributed by atoms with van der Waals surface area (Å²) in [5, 5.41) is 3.12. The monoisotopic (exact) mass is 236 g/mol. The van der Waals surface area contributed by atoms with Crippen LogP contribution >= 0.6 is 0 Å². The highest BCUT2D eigenvalue weighted by molar-refractivity contribution is 5.81. The number of halogens is 1. The Kier molecular flexibility index (Phi) is 3.43. The Bertz CT molecular complexity index is 422. The van der Waals surface area contributed by atoms with Crippen LogP contribution in [0.15, 0.2) is 24.3 Å². The Morgan fingerprint density at radius 3 is 3.00 bits per heavy atom. The first-order chi connectivity index (χ1) is 8.13. The first-order valence-electron chi connectivity index (χ1n) is 5.93. The van der Waals surface area contributed by atoms with Crippen LogP contribution < -0.4 is 5.32 Å². The van der Waals surface area contributed by atoms with Gasteiger partial charge in [0.1, 0.15) is 12.0 Å². The molecule has 1 fully saturated rings. The first-order valence-corrected chi connectivity index (χ1v) is 5.93. The molecule has 0 radical (unpaired) electrons. The minimum Gasteiger partial charge on any atom is -0.319 e. The van der Waals surface area contributed by atoms with Gasteiger partial charge in [-0.05, 0) is 31.0 Å². The van der Waals surface area contributed by atoms with Crippen molar-refractivity contribution in [2.45, 2.75) is 32.5 Å². The zero-order valence-electron chi connectivity index (χ0n) is 10.1. The van der Waals surface area contributed by atoms with Gasteiger partial charge in [-0.25, -0.2) is 4.39 Å². The van der Waals surface area contributed by atoms with Crippen molar-refractivity contribution in [3.05, 3.63) is 35.6 Å². The molecule has 4 heteroatoms. The van der Waals surface area contributed by atoms with Gasteiger partial charge in [0.25, 0.3) is 0 Å². The summed E-state index contributed by atoms with van der Waals surface area (Å²) >= 11 is 0. The lowest BCUT2D eigenvalue weighted by Crippen LogP contribution is -2.37. The molecule has 0 bridgehead atoms. The van der Waals surface area contributed by atoms with Crippen molar-refractivity contribution in [1.29, 1.82) is 0 Å². The van der Waals surface area contributed by atoms with Crippen LogP contribution in [0.3, 0.4) is 0 Å². The normalized spacial score (nSPS) is 21.9. The summed E-state index contributed by atoms with van der Waals surface area (Å²) in [6, 6.07) is 6.56. The lowest BCUT2D eigenvalue weighted by Gasteiger charge is -2.30. The van der Waals surface area contributed by atoms with Gasteiger partial charge in [-0.15, -0.1) is 0 Å². The van der Waals surface area contributed by atoms with E-state index in [0.717, 1.165) is 12.0 Å². The van der Waals surface area contributed by atoms with Crippen molar-refractivity contribution in [3.8, 4) is 0 Å². The smallest absolute Gasteiger partial charge is 0.238 e. The SMILES string of the molecule is CCC(C)N1C(=O)CNC1c1cccc(F)c1. The lowest BCUT2D eigenvalue weighted by molar-refractivity contribution is -0.130. The summed E-state index contributed by atoms with van der Waals surface area (Å²) in [6.45, 7) is 4.38. The molecule has 1 saturated heterocycles. The van der Waals surface area contributed by atoms with E-state index in [1.807, 2.05) is 19.9 Å². The van der Waals surface area contributed by atoms with Gasteiger partial charge < -0.3 is 4.90 Å². The summed E-state index contributed by atoms with van der Waals surface area (Å²) in [6.07, 6.45) is 0.687. The van der Waals surface area contributed by atoms with Crippen molar-refractivity contribution >= 4 is 5.91 Å². The van der Waals surface area contributed by atoms with Crippen LogP contribution in [0.1, 0.15) is 32.0 Å². The molecule has 17 heavy (non-hydrogen) atoms. The van der Waals surface area contributed by atoms with E-state index in [2.05, 4.69) is 5.32 Å². The number of rotatable bonds is 3. The highest BCUT2D eigenvalue weighted by Gasteiger charge is 2.34. The third-order valence-corrected chi connectivity index (χ3v) is 3.24. The maximum atomic E-state index is 13.2. The van der Waals surface area contributed by atoms with Gasteiger partial charge in [-0.3, -0.25) is 10.1 Å². The summed E-state index contributed by atoms with van der Waals surface area (Å²) in [4.78, 5) is 13.6. The van der Waals surface area contributed by atoms with Crippen molar-refractivity contribution in [2.24, 2.45) is 0 Å². The molecule has 3 nitrogen and oxygen atoms in total. The second-order valence-electron chi connectivity index (χ2n) is 4.40. The summed E-state index contributed by atoms with van der Waals surface area (Å²) in [5.74, 6) is -0.193. The van der Waals surface area contributed by atoms with E-state index in [0.29, 0.717) is 6.54 Å². The second kappa shape index (κ2) is 4.84. The topological polar surface area (TPSA) is 32.3 Å². The third-order valence-electron chi connectivity index (χ3n) is 3.24. The lowest BCUT2D eigenvalue weighted by atomic mass is 10.1. The van der Waals surface area contributed by atoms with Crippen LogP contribution in [0, 0.1) is 5.82 Å². The Labute approximate surface area is 101 Å². The van der Waals surface area contributed by atoms with Crippen molar-refractivity contribution in [2.75, 3.05) is 6.54 Å². The summed E-state index contributed by atoms with van der Waals surface area (Å²) < 4.78 is 13.2. The molecule has 1 heterocycles.